The summed E-state index contributed by atoms with van der Waals surface area (Å²) in [6, 6.07) is 9.66. The third-order valence-corrected chi connectivity index (χ3v) is 4.85. The number of nitrogens with zero attached hydrogens (tertiary/aromatic N) is 2. The van der Waals surface area contributed by atoms with Gasteiger partial charge in [-0.3, -0.25) is 9.89 Å². The topological polar surface area (TPSA) is 48.9 Å². The molecule has 0 spiro atoms. The van der Waals surface area contributed by atoms with Gasteiger partial charge in [0.15, 0.2) is 5.96 Å². The number of likely N-dealkylation sites (tertiary alicyclic amines) is 1. The summed E-state index contributed by atoms with van der Waals surface area (Å²) in [4.78, 5) is 6.85. The zero-order valence-electron chi connectivity index (χ0n) is 16.1. The Hall–Kier alpha value is -1.59. The molecule has 0 radical (unpaired) electrons. The molecule has 1 aromatic carbocycles. The Morgan fingerprint density at radius 3 is 2.64 bits per heavy atom. The summed E-state index contributed by atoms with van der Waals surface area (Å²) in [7, 11) is 3.53. The Bertz CT molecular complexity index is 515. The molecule has 0 bridgehead atoms. The van der Waals surface area contributed by atoms with Gasteiger partial charge in [0, 0.05) is 46.4 Å². The van der Waals surface area contributed by atoms with Gasteiger partial charge in [-0.05, 0) is 43.9 Å². The number of benzene rings is 1. The third-order valence-electron chi connectivity index (χ3n) is 4.85. The predicted molar refractivity (Wildman–Crippen MR) is 105 cm³/mol. The van der Waals surface area contributed by atoms with Crippen molar-refractivity contribution < 1.29 is 4.74 Å². The van der Waals surface area contributed by atoms with Crippen LogP contribution >= 0.6 is 0 Å². The monoisotopic (exact) mass is 346 g/mol. The molecule has 25 heavy (non-hydrogen) atoms. The van der Waals surface area contributed by atoms with Crippen LogP contribution in [0.25, 0.3) is 0 Å². The molecule has 2 rings (SSSR count). The largest absolute Gasteiger partial charge is 0.385 e. The van der Waals surface area contributed by atoms with Gasteiger partial charge in [-0.2, -0.15) is 0 Å². The molecule has 0 aromatic heterocycles. The molecule has 1 atom stereocenters. The van der Waals surface area contributed by atoms with Crippen molar-refractivity contribution in [2.45, 2.75) is 51.7 Å². The standard InChI is InChI=1S/C20H34N4O/c1-17-7-4-5-13-24(17)16-19-10-8-18(9-11-19)15-23-20(21-2)22-12-6-14-25-3/h8-11,17H,4-7,12-16H2,1-3H3,(H2,21,22,23). The van der Waals surface area contributed by atoms with E-state index in [1.54, 1.807) is 14.2 Å². The summed E-state index contributed by atoms with van der Waals surface area (Å²) in [6.45, 7) is 7.06. The summed E-state index contributed by atoms with van der Waals surface area (Å²) in [5.41, 5.74) is 2.68. The van der Waals surface area contributed by atoms with Crippen LogP contribution in [-0.4, -0.2) is 50.8 Å². The number of piperidine rings is 1. The van der Waals surface area contributed by atoms with E-state index in [4.69, 9.17) is 4.74 Å². The van der Waals surface area contributed by atoms with Gasteiger partial charge in [0.1, 0.15) is 0 Å². The van der Waals surface area contributed by atoms with E-state index in [0.29, 0.717) is 6.04 Å². The smallest absolute Gasteiger partial charge is 0.191 e. The summed E-state index contributed by atoms with van der Waals surface area (Å²) in [5, 5.41) is 6.66. The van der Waals surface area contributed by atoms with E-state index >= 15 is 0 Å². The van der Waals surface area contributed by atoms with Crippen LogP contribution < -0.4 is 10.6 Å². The molecule has 1 fully saturated rings. The molecule has 1 aliphatic heterocycles. The Labute approximate surface area is 152 Å². The molecule has 0 aliphatic carbocycles. The minimum Gasteiger partial charge on any atom is -0.385 e. The van der Waals surface area contributed by atoms with Gasteiger partial charge in [-0.15, -0.1) is 0 Å². The van der Waals surface area contributed by atoms with Crippen LogP contribution in [0.3, 0.4) is 0 Å². The minimum atomic E-state index is 0.711. The molecule has 1 unspecified atom stereocenters. The highest BCUT2D eigenvalue weighted by Crippen LogP contribution is 2.19. The Morgan fingerprint density at radius 2 is 1.96 bits per heavy atom. The number of nitrogens with one attached hydrogen (secondary N) is 2. The van der Waals surface area contributed by atoms with E-state index in [1.807, 2.05) is 0 Å². The summed E-state index contributed by atoms with van der Waals surface area (Å²) in [6.07, 6.45) is 5.02. The van der Waals surface area contributed by atoms with Crippen molar-refractivity contribution >= 4 is 5.96 Å². The van der Waals surface area contributed by atoms with Gasteiger partial charge < -0.3 is 15.4 Å². The fourth-order valence-electron chi connectivity index (χ4n) is 3.22. The van der Waals surface area contributed by atoms with E-state index in [0.717, 1.165) is 38.6 Å². The van der Waals surface area contributed by atoms with Gasteiger partial charge in [0.25, 0.3) is 0 Å². The maximum Gasteiger partial charge on any atom is 0.191 e. The first-order chi connectivity index (χ1) is 12.2. The summed E-state index contributed by atoms with van der Waals surface area (Å²) >= 11 is 0. The highest BCUT2D eigenvalue weighted by atomic mass is 16.5. The molecule has 140 valence electrons. The van der Waals surface area contributed by atoms with Crippen LogP contribution in [0.5, 0.6) is 0 Å². The average molecular weight is 347 g/mol. The summed E-state index contributed by atoms with van der Waals surface area (Å²) in [5.74, 6) is 0.835. The predicted octanol–water partition coefficient (Wildman–Crippen LogP) is 2.76. The SMILES string of the molecule is CN=C(NCCCOC)NCc1ccc(CN2CCCCC2C)cc1. The molecule has 0 amide bonds. The maximum atomic E-state index is 5.06. The molecule has 1 saturated heterocycles. The first kappa shape index (κ1) is 19.7. The number of guanidine groups is 1. The van der Waals surface area contributed by atoms with Gasteiger partial charge in [0.2, 0.25) is 0 Å². The molecule has 1 aromatic rings. The average Bonchev–Trinajstić information content (AvgIpc) is 2.64. The molecular weight excluding hydrogens is 312 g/mol. The van der Waals surface area contributed by atoms with Crippen LogP contribution in [-0.2, 0) is 17.8 Å². The van der Waals surface area contributed by atoms with Crippen LogP contribution in [0.1, 0.15) is 43.7 Å². The van der Waals surface area contributed by atoms with Crippen LogP contribution in [0.15, 0.2) is 29.3 Å². The Morgan fingerprint density at radius 1 is 1.20 bits per heavy atom. The van der Waals surface area contributed by atoms with Crippen LogP contribution in [0.2, 0.25) is 0 Å². The molecule has 5 heteroatoms. The molecule has 2 N–H and O–H groups in total. The number of ether oxygens (including phenoxy) is 1. The molecular formula is C20H34N4O. The highest BCUT2D eigenvalue weighted by molar-refractivity contribution is 5.79. The minimum absolute atomic E-state index is 0.711. The number of rotatable bonds is 8. The van der Waals surface area contributed by atoms with E-state index in [-0.39, 0.29) is 0 Å². The normalized spacial score (nSPS) is 19.0. The zero-order chi connectivity index (χ0) is 17.9. The lowest BCUT2D eigenvalue weighted by Crippen LogP contribution is -2.37. The van der Waals surface area contributed by atoms with Gasteiger partial charge >= 0.3 is 0 Å². The molecule has 1 heterocycles. The molecule has 1 aliphatic rings. The number of methoxy groups -OCH3 is 1. The van der Waals surface area contributed by atoms with E-state index in [2.05, 4.69) is 51.7 Å². The molecule has 0 saturated carbocycles. The lowest BCUT2D eigenvalue weighted by molar-refractivity contribution is 0.152. The summed E-state index contributed by atoms with van der Waals surface area (Å²) < 4.78 is 5.06. The van der Waals surface area contributed by atoms with E-state index in [9.17, 15) is 0 Å². The fourth-order valence-corrected chi connectivity index (χ4v) is 3.22. The zero-order valence-corrected chi connectivity index (χ0v) is 16.1. The number of hydrogen-bond acceptors (Lipinski definition) is 3. The van der Waals surface area contributed by atoms with Crippen molar-refractivity contribution in [3.63, 3.8) is 0 Å². The first-order valence-electron chi connectivity index (χ1n) is 9.48. The lowest BCUT2D eigenvalue weighted by atomic mass is 10.0. The highest BCUT2D eigenvalue weighted by Gasteiger charge is 2.17. The van der Waals surface area contributed by atoms with E-state index < -0.39 is 0 Å². The lowest BCUT2D eigenvalue weighted by Gasteiger charge is -2.33. The van der Waals surface area contributed by atoms with Crippen molar-refractivity contribution in [1.82, 2.24) is 15.5 Å². The fraction of sp³-hybridized carbons (Fsp3) is 0.650. The van der Waals surface area contributed by atoms with Crippen molar-refractivity contribution in [3.8, 4) is 0 Å². The van der Waals surface area contributed by atoms with Gasteiger partial charge in [-0.1, -0.05) is 30.7 Å². The second kappa shape index (κ2) is 11.1. The van der Waals surface area contributed by atoms with Gasteiger partial charge in [-0.25, -0.2) is 0 Å². The second-order valence-corrected chi connectivity index (χ2v) is 6.83. The van der Waals surface area contributed by atoms with Crippen LogP contribution in [0, 0.1) is 0 Å². The van der Waals surface area contributed by atoms with Crippen molar-refractivity contribution in [2.24, 2.45) is 4.99 Å². The van der Waals surface area contributed by atoms with E-state index in [1.165, 1.54) is 36.9 Å². The quantitative estimate of drug-likeness (QED) is 0.432. The molecule has 5 nitrogen and oxygen atoms in total. The first-order valence-corrected chi connectivity index (χ1v) is 9.48. The van der Waals surface area contributed by atoms with Crippen molar-refractivity contribution in [1.29, 1.82) is 0 Å². The van der Waals surface area contributed by atoms with Gasteiger partial charge in [0.05, 0.1) is 0 Å². The number of hydrogen-bond donors (Lipinski definition) is 2. The van der Waals surface area contributed by atoms with Crippen LogP contribution in [0.4, 0.5) is 0 Å². The van der Waals surface area contributed by atoms with Crippen molar-refractivity contribution in [3.05, 3.63) is 35.4 Å². The second-order valence-electron chi connectivity index (χ2n) is 6.83. The Kier molecular flexibility index (Phi) is 8.77. The third kappa shape index (κ3) is 7.04. The Balaban J connectivity index is 1.75. The van der Waals surface area contributed by atoms with Crippen molar-refractivity contribution in [2.75, 3.05) is 33.9 Å². The maximum absolute atomic E-state index is 5.06. The number of aliphatic imine (C=N–C) groups is 1.